The maximum Gasteiger partial charge on any atom is 0.261 e. The highest BCUT2D eigenvalue weighted by Crippen LogP contribution is 2.27. The van der Waals surface area contributed by atoms with E-state index in [1.807, 2.05) is 34.6 Å². The molecular weight excluding hydrogens is 471 g/mol. The fourth-order valence-corrected chi connectivity index (χ4v) is 3.78. The number of benzene rings is 2. The SMILES string of the molecule is CC[C@@H](C(=O)NC(C)C)N(Cc1ccc(Cl)c(Cl)c1)C(=O)COc1cc(C)c(Cl)c(C)c1. The summed E-state index contributed by atoms with van der Waals surface area (Å²) >= 11 is 18.4. The van der Waals surface area contributed by atoms with E-state index in [1.54, 1.807) is 30.3 Å². The second-order valence-electron chi connectivity index (χ2n) is 8.02. The van der Waals surface area contributed by atoms with Crippen LogP contribution in [0.1, 0.15) is 43.9 Å². The fraction of sp³-hybridized carbons (Fsp3) is 0.417. The van der Waals surface area contributed by atoms with Crippen molar-refractivity contribution in [1.29, 1.82) is 0 Å². The molecular formula is C24H29Cl3N2O3. The molecule has 32 heavy (non-hydrogen) atoms. The van der Waals surface area contributed by atoms with Gasteiger partial charge in [-0.1, -0.05) is 47.8 Å². The molecule has 0 fully saturated rings. The van der Waals surface area contributed by atoms with Crippen molar-refractivity contribution >= 4 is 46.6 Å². The number of halogens is 3. The van der Waals surface area contributed by atoms with E-state index in [-0.39, 0.29) is 31.0 Å². The van der Waals surface area contributed by atoms with E-state index in [1.165, 1.54) is 4.90 Å². The summed E-state index contributed by atoms with van der Waals surface area (Å²) in [4.78, 5) is 27.6. The van der Waals surface area contributed by atoms with E-state index < -0.39 is 6.04 Å². The largest absolute Gasteiger partial charge is 0.484 e. The van der Waals surface area contributed by atoms with Gasteiger partial charge < -0.3 is 15.0 Å². The maximum absolute atomic E-state index is 13.2. The van der Waals surface area contributed by atoms with E-state index in [0.717, 1.165) is 16.7 Å². The molecule has 0 spiro atoms. The van der Waals surface area contributed by atoms with Crippen LogP contribution in [0.4, 0.5) is 0 Å². The molecule has 0 bridgehead atoms. The van der Waals surface area contributed by atoms with Gasteiger partial charge in [0.15, 0.2) is 6.61 Å². The molecule has 0 aliphatic rings. The molecule has 174 valence electrons. The number of hydrogen-bond donors (Lipinski definition) is 1. The zero-order chi connectivity index (χ0) is 24.0. The Morgan fingerprint density at radius 3 is 2.19 bits per heavy atom. The summed E-state index contributed by atoms with van der Waals surface area (Å²) in [5.41, 5.74) is 2.50. The smallest absolute Gasteiger partial charge is 0.261 e. The number of rotatable bonds is 9. The summed E-state index contributed by atoms with van der Waals surface area (Å²) in [5, 5.41) is 4.38. The number of amides is 2. The van der Waals surface area contributed by atoms with E-state index in [4.69, 9.17) is 39.5 Å². The zero-order valence-electron chi connectivity index (χ0n) is 19.0. The highest BCUT2D eigenvalue weighted by atomic mass is 35.5. The van der Waals surface area contributed by atoms with Crippen LogP contribution in [0.2, 0.25) is 15.1 Å². The first-order chi connectivity index (χ1) is 15.0. The monoisotopic (exact) mass is 498 g/mol. The third kappa shape index (κ3) is 7.03. The van der Waals surface area contributed by atoms with E-state index in [9.17, 15) is 9.59 Å². The van der Waals surface area contributed by atoms with Crippen molar-refractivity contribution < 1.29 is 14.3 Å². The number of nitrogens with one attached hydrogen (secondary N) is 1. The minimum absolute atomic E-state index is 0.0465. The van der Waals surface area contributed by atoms with Gasteiger partial charge >= 0.3 is 0 Å². The first-order valence-corrected chi connectivity index (χ1v) is 11.6. The normalized spacial score (nSPS) is 11.9. The first-order valence-electron chi connectivity index (χ1n) is 10.5. The van der Waals surface area contributed by atoms with Gasteiger partial charge in [-0.2, -0.15) is 0 Å². The Bertz CT molecular complexity index is 956. The summed E-state index contributed by atoms with van der Waals surface area (Å²) in [7, 11) is 0. The van der Waals surface area contributed by atoms with Gasteiger partial charge in [-0.05, 0) is 75.1 Å². The third-order valence-corrected chi connectivity index (χ3v) is 6.26. The number of carbonyl (C=O) groups excluding carboxylic acids is 2. The zero-order valence-corrected chi connectivity index (χ0v) is 21.2. The van der Waals surface area contributed by atoms with Crippen molar-refractivity contribution in [3.05, 3.63) is 62.1 Å². The number of carbonyl (C=O) groups is 2. The minimum atomic E-state index is -0.656. The Kier molecular flexibility index (Phi) is 9.68. The topological polar surface area (TPSA) is 58.6 Å². The van der Waals surface area contributed by atoms with Gasteiger partial charge in [0.1, 0.15) is 11.8 Å². The lowest BCUT2D eigenvalue weighted by Crippen LogP contribution is -2.51. The third-order valence-electron chi connectivity index (χ3n) is 4.93. The lowest BCUT2D eigenvalue weighted by molar-refractivity contribution is -0.143. The summed E-state index contributed by atoms with van der Waals surface area (Å²) in [6.45, 7) is 9.36. The van der Waals surface area contributed by atoms with Gasteiger partial charge in [0, 0.05) is 17.6 Å². The Morgan fingerprint density at radius 1 is 1.03 bits per heavy atom. The summed E-state index contributed by atoms with van der Waals surface area (Å²) in [5.74, 6) is 0.0214. The molecule has 0 saturated carbocycles. The van der Waals surface area contributed by atoms with E-state index >= 15 is 0 Å². The van der Waals surface area contributed by atoms with E-state index in [0.29, 0.717) is 27.2 Å². The maximum atomic E-state index is 13.2. The Morgan fingerprint density at radius 2 is 1.66 bits per heavy atom. The molecule has 2 aromatic rings. The van der Waals surface area contributed by atoms with Crippen LogP contribution in [0, 0.1) is 13.8 Å². The van der Waals surface area contributed by atoms with Crippen LogP contribution < -0.4 is 10.1 Å². The Labute approximate surface area is 205 Å². The van der Waals surface area contributed by atoms with Crippen molar-refractivity contribution in [2.75, 3.05) is 6.61 Å². The summed E-state index contributed by atoms with van der Waals surface area (Å²) in [6, 6.07) is 8.03. The Balaban J connectivity index is 2.27. The lowest BCUT2D eigenvalue weighted by atomic mass is 10.1. The molecule has 5 nitrogen and oxygen atoms in total. The number of hydrogen-bond acceptors (Lipinski definition) is 3. The van der Waals surface area contributed by atoms with Crippen molar-refractivity contribution in [3.8, 4) is 5.75 Å². The van der Waals surface area contributed by atoms with Gasteiger partial charge in [0.05, 0.1) is 10.0 Å². The molecule has 2 amide bonds. The van der Waals surface area contributed by atoms with Crippen molar-refractivity contribution in [3.63, 3.8) is 0 Å². The van der Waals surface area contributed by atoms with Crippen LogP contribution >= 0.6 is 34.8 Å². The van der Waals surface area contributed by atoms with E-state index in [2.05, 4.69) is 5.32 Å². The molecule has 0 saturated heterocycles. The predicted octanol–water partition coefficient (Wildman–Crippen LogP) is 5.97. The van der Waals surface area contributed by atoms with Gasteiger partial charge in [0.25, 0.3) is 5.91 Å². The molecule has 2 aromatic carbocycles. The minimum Gasteiger partial charge on any atom is -0.484 e. The quantitative estimate of drug-likeness (QED) is 0.462. The number of nitrogens with zero attached hydrogens (tertiary/aromatic N) is 1. The standard InChI is InChI=1S/C24H29Cl3N2O3/c1-6-21(24(31)28-14(2)3)29(12-17-7-8-19(25)20(26)11-17)22(30)13-32-18-9-15(4)23(27)16(5)10-18/h7-11,14,21H,6,12-13H2,1-5H3,(H,28,31)/t21-/m0/s1. The molecule has 0 heterocycles. The van der Waals surface area contributed by atoms with Crippen LogP contribution in [-0.2, 0) is 16.1 Å². The highest BCUT2D eigenvalue weighted by molar-refractivity contribution is 6.42. The second kappa shape index (κ2) is 11.8. The average molecular weight is 500 g/mol. The molecule has 0 aliphatic carbocycles. The van der Waals surface area contributed by atoms with Crippen LogP contribution in [-0.4, -0.2) is 35.4 Å². The van der Waals surface area contributed by atoms with Crippen molar-refractivity contribution in [2.45, 2.75) is 59.7 Å². The highest BCUT2D eigenvalue weighted by Gasteiger charge is 2.29. The average Bonchev–Trinajstić information content (AvgIpc) is 2.72. The van der Waals surface area contributed by atoms with Crippen LogP contribution in [0.5, 0.6) is 5.75 Å². The van der Waals surface area contributed by atoms with Gasteiger partial charge in [-0.25, -0.2) is 0 Å². The predicted molar refractivity (Wildman–Crippen MR) is 131 cm³/mol. The van der Waals surface area contributed by atoms with Gasteiger partial charge in [0.2, 0.25) is 5.91 Å². The molecule has 0 aliphatic heterocycles. The van der Waals surface area contributed by atoms with Crippen molar-refractivity contribution in [2.24, 2.45) is 0 Å². The fourth-order valence-electron chi connectivity index (χ4n) is 3.35. The molecule has 0 unspecified atom stereocenters. The molecule has 0 aromatic heterocycles. The number of aryl methyl sites for hydroxylation is 2. The lowest BCUT2D eigenvalue weighted by Gasteiger charge is -2.31. The van der Waals surface area contributed by atoms with Crippen LogP contribution in [0.25, 0.3) is 0 Å². The summed E-state index contributed by atoms with van der Waals surface area (Å²) in [6.07, 6.45) is 0.449. The second-order valence-corrected chi connectivity index (χ2v) is 9.21. The first kappa shape index (κ1) is 26.3. The number of ether oxygens (including phenoxy) is 1. The van der Waals surface area contributed by atoms with Gasteiger partial charge in [-0.3, -0.25) is 9.59 Å². The molecule has 1 N–H and O–H groups in total. The molecule has 1 atom stereocenters. The Hall–Kier alpha value is -1.95. The van der Waals surface area contributed by atoms with Crippen molar-refractivity contribution in [1.82, 2.24) is 10.2 Å². The molecule has 8 heteroatoms. The van der Waals surface area contributed by atoms with Crippen LogP contribution in [0.3, 0.4) is 0 Å². The van der Waals surface area contributed by atoms with Crippen LogP contribution in [0.15, 0.2) is 30.3 Å². The molecule has 0 radical (unpaired) electrons. The van der Waals surface area contributed by atoms with Gasteiger partial charge in [-0.15, -0.1) is 0 Å². The summed E-state index contributed by atoms with van der Waals surface area (Å²) < 4.78 is 5.77. The molecule has 2 rings (SSSR count).